The van der Waals surface area contributed by atoms with Crippen LogP contribution >= 0.6 is 0 Å². The molecule has 1 fully saturated rings. The molecule has 1 aromatic rings. The van der Waals surface area contributed by atoms with E-state index in [0.29, 0.717) is 11.3 Å². The maximum absolute atomic E-state index is 11.8. The summed E-state index contributed by atoms with van der Waals surface area (Å²) in [5.41, 5.74) is 1.07. The lowest BCUT2D eigenvalue weighted by molar-refractivity contribution is 0.0955. The van der Waals surface area contributed by atoms with Crippen molar-refractivity contribution in [3.05, 3.63) is 29.8 Å². The van der Waals surface area contributed by atoms with Crippen LogP contribution in [0, 0.1) is 11.3 Å². The third kappa shape index (κ3) is 3.70. The predicted molar refractivity (Wildman–Crippen MR) is 71.6 cm³/mol. The van der Waals surface area contributed by atoms with Gasteiger partial charge < -0.3 is 15.7 Å². The Hall–Kier alpha value is -2.06. The standard InChI is InChI=1S/C14H17N3O2/c15-9-10-4-3-5-11(8-10)16-14(19)17-12-6-1-2-7-13(12)18/h3-5,8,12-13,18H,1-2,6-7H2,(H2,16,17,19)/t12-,13-/m0/s1. The number of carbonyl (C=O) groups excluding carboxylic acids is 1. The first-order chi connectivity index (χ1) is 9.19. The Morgan fingerprint density at radius 3 is 2.89 bits per heavy atom. The Bertz CT molecular complexity index is 496. The average molecular weight is 259 g/mol. The molecule has 100 valence electrons. The van der Waals surface area contributed by atoms with Crippen LogP contribution in [0.4, 0.5) is 10.5 Å². The van der Waals surface area contributed by atoms with Crippen molar-refractivity contribution >= 4 is 11.7 Å². The number of nitrogens with one attached hydrogen (secondary N) is 2. The number of carbonyl (C=O) groups is 1. The molecule has 19 heavy (non-hydrogen) atoms. The number of aliphatic hydroxyl groups excluding tert-OH is 1. The van der Waals surface area contributed by atoms with E-state index < -0.39 is 6.10 Å². The van der Waals surface area contributed by atoms with Gasteiger partial charge in [0.05, 0.1) is 23.8 Å². The Balaban J connectivity index is 1.91. The first-order valence-electron chi connectivity index (χ1n) is 6.45. The van der Waals surface area contributed by atoms with Crippen LogP contribution in [-0.4, -0.2) is 23.3 Å². The van der Waals surface area contributed by atoms with Gasteiger partial charge in [0.25, 0.3) is 0 Å². The largest absolute Gasteiger partial charge is 0.391 e. The van der Waals surface area contributed by atoms with Gasteiger partial charge in [0.2, 0.25) is 0 Å². The van der Waals surface area contributed by atoms with Crippen molar-refractivity contribution in [1.82, 2.24) is 5.32 Å². The molecule has 0 heterocycles. The first kappa shape index (κ1) is 13.4. The van der Waals surface area contributed by atoms with Crippen LogP contribution in [0.1, 0.15) is 31.2 Å². The fourth-order valence-corrected chi connectivity index (χ4v) is 2.28. The molecule has 0 spiro atoms. The molecule has 3 N–H and O–H groups in total. The van der Waals surface area contributed by atoms with Crippen LogP contribution in [0.3, 0.4) is 0 Å². The van der Waals surface area contributed by atoms with E-state index in [1.807, 2.05) is 6.07 Å². The molecule has 5 heteroatoms. The minimum Gasteiger partial charge on any atom is -0.391 e. The third-order valence-corrected chi connectivity index (χ3v) is 3.30. The van der Waals surface area contributed by atoms with E-state index in [1.54, 1.807) is 24.3 Å². The summed E-state index contributed by atoms with van der Waals surface area (Å²) in [6.45, 7) is 0. The molecule has 5 nitrogen and oxygen atoms in total. The van der Waals surface area contributed by atoms with Gasteiger partial charge in [-0.25, -0.2) is 4.79 Å². The summed E-state index contributed by atoms with van der Waals surface area (Å²) in [5, 5.41) is 24.0. The summed E-state index contributed by atoms with van der Waals surface area (Å²) < 4.78 is 0. The molecule has 0 bridgehead atoms. The van der Waals surface area contributed by atoms with E-state index >= 15 is 0 Å². The summed E-state index contributed by atoms with van der Waals surface area (Å²) in [7, 11) is 0. The van der Waals surface area contributed by atoms with Crippen LogP contribution in [0.15, 0.2) is 24.3 Å². The van der Waals surface area contributed by atoms with E-state index in [0.717, 1.165) is 25.7 Å². The molecule has 0 unspecified atom stereocenters. The monoisotopic (exact) mass is 259 g/mol. The number of hydrogen-bond acceptors (Lipinski definition) is 3. The molecule has 2 amide bonds. The first-order valence-corrected chi connectivity index (χ1v) is 6.45. The maximum atomic E-state index is 11.8. The van der Waals surface area contributed by atoms with Crippen molar-refractivity contribution in [2.45, 2.75) is 37.8 Å². The van der Waals surface area contributed by atoms with Gasteiger partial charge in [-0.1, -0.05) is 18.9 Å². The van der Waals surface area contributed by atoms with Gasteiger partial charge in [0.15, 0.2) is 0 Å². The minimum atomic E-state index is -0.468. The quantitative estimate of drug-likeness (QED) is 0.759. The summed E-state index contributed by atoms with van der Waals surface area (Å²) >= 11 is 0. The fraction of sp³-hybridized carbons (Fsp3) is 0.429. The Morgan fingerprint density at radius 2 is 2.16 bits per heavy atom. The Kier molecular flexibility index (Phi) is 4.37. The van der Waals surface area contributed by atoms with Crippen LogP contribution in [0.2, 0.25) is 0 Å². The number of benzene rings is 1. The number of amides is 2. The SMILES string of the molecule is N#Cc1cccc(NC(=O)N[C@H]2CCCC[C@@H]2O)c1. The van der Waals surface area contributed by atoms with Gasteiger partial charge >= 0.3 is 6.03 Å². The van der Waals surface area contributed by atoms with Crippen molar-refractivity contribution in [3.8, 4) is 6.07 Å². The van der Waals surface area contributed by atoms with Crippen LogP contribution < -0.4 is 10.6 Å². The molecule has 0 radical (unpaired) electrons. The molecule has 1 aliphatic carbocycles. The second kappa shape index (κ2) is 6.21. The smallest absolute Gasteiger partial charge is 0.319 e. The number of nitrogens with zero attached hydrogens (tertiary/aromatic N) is 1. The van der Waals surface area contributed by atoms with Crippen LogP contribution in [0.25, 0.3) is 0 Å². The maximum Gasteiger partial charge on any atom is 0.319 e. The van der Waals surface area contributed by atoms with Crippen molar-refractivity contribution in [1.29, 1.82) is 5.26 Å². The molecule has 1 aromatic carbocycles. The molecule has 0 aliphatic heterocycles. The van der Waals surface area contributed by atoms with Crippen LogP contribution in [0.5, 0.6) is 0 Å². The Labute approximate surface area is 112 Å². The van der Waals surface area contributed by atoms with Gasteiger partial charge in [0, 0.05) is 5.69 Å². The molecule has 0 aromatic heterocycles. The van der Waals surface area contributed by atoms with Gasteiger partial charge in [-0.3, -0.25) is 0 Å². The topological polar surface area (TPSA) is 85.2 Å². The highest BCUT2D eigenvalue weighted by Crippen LogP contribution is 2.18. The lowest BCUT2D eigenvalue weighted by atomic mass is 9.93. The van der Waals surface area contributed by atoms with E-state index in [-0.39, 0.29) is 12.1 Å². The van der Waals surface area contributed by atoms with Crippen LogP contribution in [-0.2, 0) is 0 Å². The lowest BCUT2D eigenvalue weighted by Crippen LogP contribution is -2.46. The summed E-state index contributed by atoms with van der Waals surface area (Å²) in [6.07, 6.45) is 3.09. The average Bonchev–Trinajstić information content (AvgIpc) is 2.41. The zero-order chi connectivity index (χ0) is 13.7. The highest BCUT2D eigenvalue weighted by atomic mass is 16.3. The van der Waals surface area contributed by atoms with Crippen molar-refractivity contribution in [3.63, 3.8) is 0 Å². The number of hydrogen-bond donors (Lipinski definition) is 3. The summed E-state index contributed by atoms with van der Waals surface area (Å²) in [6, 6.07) is 8.20. The minimum absolute atomic E-state index is 0.187. The molecule has 2 rings (SSSR count). The lowest BCUT2D eigenvalue weighted by Gasteiger charge is -2.28. The normalized spacial score (nSPS) is 22.3. The van der Waals surface area contributed by atoms with Crippen molar-refractivity contribution < 1.29 is 9.90 Å². The highest BCUT2D eigenvalue weighted by Gasteiger charge is 2.24. The number of aliphatic hydroxyl groups is 1. The Morgan fingerprint density at radius 1 is 1.37 bits per heavy atom. The van der Waals surface area contributed by atoms with Gasteiger partial charge in [-0.2, -0.15) is 5.26 Å². The number of urea groups is 1. The van der Waals surface area contributed by atoms with E-state index in [9.17, 15) is 9.90 Å². The second-order valence-electron chi connectivity index (χ2n) is 4.75. The fourth-order valence-electron chi connectivity index (χ4n) is 2.28. The summed E-state index contributed by atoms with van der Waals surface area (Å²) in [5.74, 6) is 0. The number of rotatable bonds is 2. The molecule has 1 aliphatic rings. The molecular weight excluding hydrogens is 242 g/mol. The van der Waals surface area contributed by atoms with Crippen molar-refractivity contribution in [2.75, 3.05) is 5.32 Å². The predicted octanol–water partition coefficient (Wildman–Crippen LogP) is 1.98. The van der Waals surface area contributed by atoms with E-state index in [1.165, 1.54) is 0 Å². The van der Waals surface area contributed by atoms with E-state index in [2.05, 4.69) is 10.6 Å². The van der Waals surface area contributed by atoms with E-state index in [4.69, 9.17) is 5.26 Å². The zero-order valence-corrected chi connectivity index (χ0v) is 10.6. The van der Waals surface area contributed by atoms with Gasteiger partial charge in [-0.15, -0.1) is 0 Å². The second-order valence-corrected chi connectivity index (χ2v) is 4.75. The number of anilines is 1. The number of nitriles is 1. The van der Waals surface area contributed by atoms with Gasteiger partial charge in [0.1, 0.15) is 0 Å². The molecular formula is C14H17N3O2. The summed E-state index contributed by atoms with van der Waals surface area (Å²) in [4.78, 5) is 11.8. The highest BCUT2D eigenvalue weighted by molar-refractivity contribution is 5.89. The molecule has 2 atom stereocenters. The van der Waals surface area contributed by atoms with Gasteiger partial charge in [-0.05, 0) is 31.0 Å². The van der Waals surface area contributed by atoms with Crippen molar-refractivity contribution in [2.24, 2.45) is 0 Å². The third-order valence-electron chi connectivity index (χ3n) is 3.30. The zero-order valence-electron chi connectivity index (χ0n) is 10.6. The molecule has 1 saturated carbocycles. The molecule has 0 saturated heterocycles.